The maximum atomic E-state index is 14.2. The van der Waals surface area contributed by atoms with Gasteiger partial charge < -0.3 is 5.73 Å². The number of alkyl halides is 8. The second kappa shape index (κ2) is 5.16. The normalized spacial score (nSPS) is 20.2. The molecule has 1 aliphatic carbocycles. The van der Waals surface area contributed by atoms with Crippen molar-refractivity contribution in [3.63, 3.8) is 0 Å². The Balaban J connectivity index is 2.14. The molecule has 1 heterocycles. The van der Waals surface area contributed by atoms with Gasteiger partial charge in [-0.2, -0.15) is 35.8 Å². The molecule has 2 N–H and O–H groups in total. The first-order valence-electron chi connectivity index (χ1n) is 6.53. The maximum absolute atomic E-state index is 14.2. The molecule has 26 heavy (non-hydrogen) atoms. The third-order valence-electron chi connectivity index (χ3n) is 3.93. The second-order valence-corrected chi connectivity index (χ2v) is 6.26. The van der Waals surface area contributed by atoms with Crippen molar-refractivity contribution >= 4 is 29.0 Å². The van der Waals surface area contributed by atoms with Crippen LogP contribution in [0.4, 0.5) is 40.9 Å². The molecular weight excluding hydrogens is 421 g/mol. The molecule has 0 spiro atoms. The zero-order chi connectivity index (χ0) is 19.9. The molecule has 0 bridgehead atoms. The molecule has 3 nitrogen and oxygen atoms in total. The number of benzene rings is 1. The van der Waals surface area contributed by atoms with E-state index in [-0.39, 0.29) is 0 Å². The highest BCUT2D eigenvalue weighted by molar-refractivity contribution is 6.38. The Kier molecular flexibility index (Phi) is 3.77. The van der Waals surface area contributed by atoms with Gasteiger partial charge in [0.15, 0.2) is 0 Å². The van der Waals surface area contributed by atoms with Gasteiger partial charge in [0.25, 0.3) is 5.67 Å². The van der Waals surface area contributed by atoms with E-state index in [1.165, 1.54) is 0 Å². The second-order valence-electron chi connectivity index (χ2n) is 5.45. The number of anilines is 1. The highest BCUT2D eigenvalue weighted by atomic mass is 35.5. The molecule has 1 aromatic heterocycles. The fourth-order valence-corrected chi connectivity index (χ4v) is 3.11. The Morgan fingerprint density at radius 3 is 1.81 bits per heavy atom. The Hall–Kier alpha value is -1.75. The smallest absolute Gasteiger partial charge is 0.383 e. The van der Waals surface area contributed by atoms with Crippen LogP contribution in [0.15, 0.2) is 18.3 Å². The number of halogens is 10. The van der Waals surface area contributed by atoms with Crippen molar-refractivity contribution in [3.05, 3.63) is 39.5 Å². The predicted octanol–water partition coefficient (Wildman–Crippen LogP) is 5.23. The van der Waals surface area contributed by atoms with E-state index in [4.69, 9.17) is 28.9 Å². The first kappa shape index (κ1) is 19.0. The summed E-state index contributed by atoms with van der Waals surface area (Å²) < 4.78 is 105. The molecule has 0 saturated heterocycles. The molecule has 1 aromatic carbocycles. The standard InChI is InChI=1S/C13H5Cl2F8N3/c14-6-1-4(11(17,18)19)2-7(15)8(6)26-9(24)5(3-25-26)10(16)12(20,21)13(10,22)23/h1-3H,24H2. The number of rotatable bonds is 2. The summed E-state index contributed by atoms with van der Waals surface area (Å²) in [6, 6.07) is 0.879. The van der Waals surface area contributed by atoms with Crippen molar-refractivity contribution in [2.24, 2.45) is 0 Å². The third kappa shape index (κ3) is 2.16. The SMILES string of the molecule is Nc1c(C2(F)C(F)(F)C2(F)F)cnn1-c1c(Cl)cc(C(F)(F)F)cc1Cl. The summed E-state index contributed by atoms with van der Waals surface area (Å²) in [5, 5.41) is 2.05. The zero-order valence-electron chi connectivity index (χ0n) is 12.0. The molecule has 2 aromatic rings. The summed E-state index contributed by atoms with van der Waals surface area (Å²) in [4.78, 5) is 0. The fraction of sp³-hybridized carbons (Fsp3) is 0.308. The molecule has 3 rings (SSSR count). The van der Waals surface area contributed by atoms with E-state index in [1.807, 2.05) is 0 Å². The Labute approximate surface area is 149 Å². The van der Waals surface area contributed by atoms with E-state index in [0.29, 0.717) is 23.0 Å². The average molecular weight is 426 g/mol. The molecule has 1 fully saturated rings. The van der Waals surface area contributed by atoms with Crippen LogP contribution in [0.25, 0.3) is 5.69 Å². The van der Waals surface area contributed by atoms with Crippen LogP contribution in [-0.2, 0) is 11.8 Å². The monoisotopic (exact) mass is 425 g/mol. The lowest BCUT2D eigenvalue weighted by Gasteiger charge is -2.13. The maximum Gasteiger partial charge on any atom is 0.416 e. The number of hydrogen-bond acceptors (Lipinski definition) is 2. The van der Waals surface area contributed by atoms with Crippen molar-refractivity contribution in [2.75, 3.05) is 5.73 Å². The topological polar surface area (TPSA) is 43.8 Å². The molecule has 13 heteroatoms. The van der Waals surface area contributed by atoms with Crippen molar-refractivity contribution < 1.29 is 35.1 Å². The number of nitrogen functional groups attached to an aromatic ring is 1. The van der Waals surface area contributed by atoms with Gasteiger partial charge in [0, 0.05) is 0 Å². The van der Waals surface area contributed by atoms with Crippen LogP contribution < -0.4 is 5.73 Å². The van der Waals surface area contributed by atoms with E-state index in [9.17, 15) is 35.1 Å². The van der Waals surface area contributed by atoms with E-state index in [1.54, 1.807) is 0 Å². The summed E-state index contributed by atoms with van der Waals surface area (Å²) in [5.41, 5.74) is -2.05. The number of aromatic nitrogens is 2. The molecule has 0 amide bonds. The van der Waals surface area contributed by atoms with Gasteiger partial charge in [0.1, 0.15) is 11.5 Å². The summed E-state index contributed by atoms with van der Waals surface area (Å²) in [6.07, 6.45) is -4.48. The van der Waals surface area contributed by atoms with Gasteiger partial charge in [-0.05, 0) is 12.1 Å². The minimum atomic E-state index is -5.02. The molecule has 1 aliphatic rings. The van der Waals surface area contributed by atoms with Crippen LogP contribution in [0, 0.1) is 0 Å². The molecule has 0 atom stereocenters. The molecule has 142 valence electrons. The molecule has 0 unspecified atom stereocenters. The highest BCUT2D eigenvalue weighted by Gasteiger charge is 3.00. The van der Waals surface area contributed by atoms with E-state index in [2.05, 4.69) is 5.10 Å². The summed E-state index contributed by atoms with van der Waals surface area (Å²) in [5.74, 6) is -11.0. The van der Waals surface area contributed by atoms with Gasteiger partial charge in [-0.15, -0.1) is 0 Å². The Morgan fingerprint density at radius 2 is 1.42 bits per heavy atom. The Bertz CT molecular complexity index is 868. The summed E-state index contributed by atoms with van der Waals surface area (Å²) >= 11 is 11.4. The first-order valence-corrected chi connectivity index (χ1v) is 7.28. The van der Waals surface area contributed by atoms with Gasteiger partial charge in [-0.3, -0.25) is 0 Å². The van der Waals surface area contributed by atoms with E-state index in [0.717, 1.165) is 0 Å². The molecule has 1 saturated carbocycles. The summed E-state index contributed by atoms with van der Waals surface area (Å²) in [7, 11) is 0. The van der Waals surface area contributed by atoms with Crippen LogP contribution >= 0.6 is 23.2 Å². The van der Waals surface area contributed by atoms with E-state index >= 15 is 0 Å². The van der Waals surface area contributed by atoms with Gasteiger partial charge in [-0.1, -0.05) is 23.2 Å². The lowest BCUT2D eigenvalue weighted by Crippen LogP contribution is -2.14. The largest absolute Gasteiger partial charge is 0.416 e. The van der Waals surface area contributed by atoms with Crippen molar-refractivity contribution in [1.29, 1.82) is 0 Å². The fourth-order valence-electron chi connectivity index (χ4n) is 2.46. The minimum Gasteiger partial charge on any atom is -0.383 e. The zero-order valence-corrected chi connectivity index (χ0v) is 13.5. The van der Waals surface area contributed by atoms with Crippen LogP contribution in [-0.4, -0.2) is 21.6 Å². The summed E-state index contributed by atoms with van der Waals surface area (Å²) in [6.45, 7) is 0. The van der Waals surface area contributed by atoms with Crippen LogP contribution in [0.5, 0.6) is 0 Å². The minimum absolute atomic E-state index is 0.314. The van der Waals surface area contributed by atoms with E-state index < -0.39 is 56.4 Å². The van der Waals surface area contributed by atoms with Gasteiger partial charge in [0.2, 0.25) is 0 Å². The number of nitrogens with zero attached hydrogens (tertiary/aromatic N) is 2. The van der Waals surface area contributed by atoms with Crippen molar-refractivity contribution in [3.8, 4) is 5.69 Å². The number of nitrogens with two attached hydrogens (primary N) is 1. The lowest BCUT2D eigenvalue weighted by atomic mass is 10.1. The van der Waals surface area contributed by atoms with Crippen molar-refractivity contribution in [2.45, 2.75) is 23.7 Å². The van der Waals surface area contributed by atoms with Gasteiger partial charge in [0.05, 0.1) is 27.4 Å². The predicted molar refractivity (Wildman–Crippen MR) is 75.7 cm³/mol. The lowest BCUT2D eigenvalue weighted by molar-refractivity contribution is -0.137. The first-order chi connectivity index (χ1) is 11.7. The van der Waals surface area contributed by atoms with Crippen LogP contribution in [0.1, 0.15) is 11.1 Å². The van der Waals surface area contributed by atoms with Crippen molar-refractivity contribution in [1.82, 2.24) is 9.78 Å². The number of hydrogen-bond donors (Lipinski definition) is 1. The van der Waals surface area contributed by atoms with Crippen LogP contribution in [0.3, 0.4) is 0 Å². The molecule has 0 aliphatic heterocycles. The highest BCUT2D eigenvalue weighted by Crippen LogP contribution is 2.74. The molecular formula is C13H5Cl2F8N3. The quantitative estimate of drug-likeness (QED) is 0.669. The van der Waals surface area contributed by atoms with Gasteiger partial charge >= 0.3 is 18.0 Å². The average Bonchev–Trinajstić information content (AvgIpc) is 2.77. The Morgan fingerprint density at radius 1 is 0.962 bits per heavy atom. The van der Waals surface area contributed by atoms with Crippen LogP contribution in [0.2, 0.25) is 10.0 Å². The molecule has 0 radical (unpaired) electrons. The van der Waals surface area contributed by atoms with Gasteiger partial charge in [-0.25, -0.2) is 9.07 Å². The third-order valence-corrected chi connectivity index (χ3v) is 4.51.